The summed E-state index contributed by atoms with van der Waals surface area (Å²) in [5.74, 6) is 0.492. The number of benzene rings is 1. The van der Waals surface area contributed by atoms with Gasteiger partial charge in [0.15, 0.2) is 0 Å². The van der Waals surface area contributed by atoms with Crippen molar-refractivity contribution in [3.8, 4) is 0 Å². The molecule has 19 heavy (non-hydrogen) atoms. The van der Waals surface area contributed by atoms with Crippen molar-refractivity contribution in [2.45, 2.75) is 11.8 Å². The maximum Gasteiger partial charge on any atom is 0.278 e. The van der Waals surface area contributed by atoms with Crippen molar-refractivity contribution in [3.05, 3.63) is 54.0 Å². The van der Waals surface area contributed by atoms with Crippen LogP contribution in [0.25, 0.3) is 0 Å². The van der Waals surface area contributed by atoms with Gasteiger partial charge in [-0.25, -0.2) is 0 Å². The van der Waals surface area contributed by atoms with Crippen molar-refractivity contribution >= 4 is 16.2 Å². The fourth-order valence-electron chi connectivity index (χ4n) is 1.43. The molecule has 0 aliphatic heterocycles. The Morgan fingerprint density at radius 2 is 1.89 bits per heavy atom. The molecule has 0 atom stereocenters. The van der Waals surface area contributed by atoms with Crippen LogP contribution in [-0.4, -0.2) is 26.1 Å². The number of furan rings is 1. The van der Waals surface area contributed by atoms with E-state index in [9.17, 15) is 8.42 Å². The van der Waals surface area contributed by atoms with Gasteiger partial charge in [0, 0.05) is 7.05 Å². The summed E-state index contributed by atoms with van der Waals surface area (Å²) >= 11 is 0. The third-order valence-corrected chi connectivity index (χ3v) is 4.22. The third kappa shape index (κ3) is 3.03. The second-order valence-electron chi connectivity index (χ2n) is 4.01. The van der Waals surface area contributed by atoms with Crippen LogP contribution in [0.1, 0.15) is 11.3 Å². The lowest BCUT2D eigenvalue weighted by atomic mass is 10.2. The highest BCUT2D eigenvalue weighted by atomic mass is 32.2. The van der Waals surface area contributed by atoms with Gasteiger partial charge in [-0.2, -0.15) is 17.9 Å². The summed E-state index contributed by atoms with van der Waals surface area (Å²) in [5.41, 5.74) is 1.00. The van der Waals surface area contributed by atoms with E-state index >= 15 is 0 Å². The van der Waals surface area contributed by atoms with Crippen molar-refractivity contribution in [3.63, 3.8) is 0 Å². The van der Waals surface area contributed by atoms with Crippen LogP contribution in [0.2, 0.25) is 0 Å². The highest BCUT2D eigenvalue weighted by Crippen LogP contribution is 2.15. The number of aryl methyl sites for hydroxylation is 1. The quantitative estimate of drug-likeness (QED) is 0.636. The molecule has 0 saturated heterocycles. The first-order valence-electron chi connectivity index (χ1n) is 5.63. The molecule has 1 heterocycles. The van der Waals surface area contributed by atoms with E-state index in [4.69, 9.17) is 4.42 Å². The predicted octanol–water partition coefficient (Wildman–Crippen LogP) is 2.24. The van der Waals surface area contributed by atoms with Gasteiger partial charge in [-0.05, 0) is 31.2 Å². The summed E-state index contributed by atoms with van der Waals surface area (Å²) in [5, 5.41) is 3.86. The molecule has 2 aromatic rings. The molecule has 0 radical (unpaired) electrons. The molecule has 5 nitrogen and oxygen atoms in total. The lowest BCUT2D eigenvalue weighted by Gasteiger charge is -2.13. The monoisotopic (exact) mass is 278 g/mol. The van der Waals surface area contributed by atoms with Crippen molar-refractivity contribution in [1.82, 2.24) is 4.41 Å². The van der Waals surface area contributed by atoms with Gasteiger partial charge in [0.1, 0.15) is 5.76 Å². The highest BCUT2D eigenvalue weighted by Gasteiger charge is 2.18. The minimum atomic E-state index is -3.62. The summed E-state index contributed by atoms with van der Waals surface area (Å²) in [4.78, 5) is 0.206. The molecular weight excluding hydrogens is 264 g/mol. The first-order chi connectivity index (χ1) is 9.00. The molecule has 0 amide bonds. The average molecular weight is 278 g/mol. The molecule has 1 aromatic heterocycles. The van der Waals surface area contributed by atoms with Gasteiger partial charge < -0.3 is 4.42 Å². The Labute approximate surface area is 112 Å². The summed E-state index contributed by atoms with van der Waals surface area (Å²) in [7, 11) is -2.23. The molecule has 6 heteroatoms. The van der Waals surface area contributed by atoms with Crippen LogP contribution < -0.4 is 0 Å². The van der Waals surface area contributed by atoms with Crippen LogP contribution >= 0.6 is 0 Å². The van der Waals surface area contributed by atoms with Gasteiger partial charge in [0.2, 0.25) is 0 Å². The first kappa shape index (κ1) is 13.4. The van der Waals surface area contributed by atoms with Crippen molar-refractivity contribution < 1.29 is 12.8 Å². The summed E-state index contributed by atoms with van der Waals surface area (Å²) < 4.78 is 30.3. The number of hydrogen-bond acceptors (Lipinski definition) is 4. The number of hydrazone groups is 1. The Morgan fingerprint density at radius 3 is 2.47 bits per heavy atom. The van der Waals surface area contributed by atoms with Gasteiger partial charge >= 0.3 is 0 Å². The number of hydrogen-bond donors (Lipinski definition) is 0. The zero-order valence-electron chi connectivity index (χ0n) is 10.6. The van der Waals surface area contributed by atoms with Crippen LogP contribution in [0.4, 0.5) is 0 Å². The summed E-state index contributed by atoms with van der Waals surface area (Å²) in [6.45, 7) is 1.90. The Kier molecular flexibility index (Phi) is 3.71. The molecule has 0 unspecified atom stereocenters. The van der Waals surface area contributed by atoms with Crippen LogP contribution in [-0.2, 0) is 10.0 Å². The zero-order valence-corrected chi connectivity index (χ0v) is 11.5. The minimum Gasteiger partial charge on any atom is -0.463 e. The van der Waals surface area contributed by atoms with Gasteiger partial charge in [0.25, 0.3) is 10.0 Å². The normalized spacial score (nSPS) is 11.9. The molecule has 2 rings (SSSR count). The highest BCUT2D eigenvalue weighted by molar-refractivity contribution is 7.89. The van der Waals surface area contributed by atoms with E-state index in [1.165, 1.54) is 19.5 Å². The molecule has 0 saturated carbocycles. The Morgan fingerprint density at radius 1 is 1.21 bits per heavy atom. The second-order valence-corrected chi connectivity index (χ2v) is 5.96. The third-order valence-electron chi connectivity index (χ3n) is 2.56. The summed E-state index contributed by atoms with van der Waals surface area (Å²) in [6, 6.07) is 10.0. The van der Waals surface area contributed by atoms with Gasteiger partial charge in [-0.3, -0.25) is 0 Å². The van der Waals surface area contributed by atoms with E-state index < -0.39 is 10.0 Å². The van der Waals surface area contributed by atoms with Crippen LogP contribution in [0.15, 0.2) is 57.1 Å². The molecule has 0 spiro atoms. The summed E-state index contributed by atoms with van der Waals surface area (Å²) in [6.07, 6.45) is 2.85. The van der Waals surface area contributed by atoms with Crippen molar-refractivity contribution in [1.29, 1.82) is 0 Å². The van der Waals surface area contributed by atoms with Crippen LogP contribution in [0, 0.1) is 6.92 Å². The van der Waals surface area contributed by atoms with Gasteiger partial charge in [-0.15, -0.1) is 0 Å². The van der Waals surface area contributed by atoms with Gasteiger partial charge in [-0.1, -0.05) is 17.7 Å². The van der Waals surface area contributed by atoms with E-state index in [0.717, 1.165) is 9.98 Å². The number of rotatable bonds is 4. The average Bonchev–Trinajstić information content (AvgIpc) is 2.89. The van der Waals surface area contributed by atoms with E-state index in [0.29, 0.717) is 5.76 Å². The molecule has 0 aliphatic carbocycles. The maximum absolute atomic E-state index is 12.2. The molecule has 0 fully saturated rings. The number of nitrogens with zero attached hydrogens (tertiary/aromatic N) is 2. The molecule has 0 aliphatic rings. The Balaban J connectivity index is 2.22. The fourth-order valence-corrected chi connectivity index (χ4v) is 2.38. The van der Waals surface area contributed by atoms with Gasteiger partial charge in [0.05, 0.1) is 17.4 Å². The Bertz CT molecular complexity index is 658. The molecular formula is C13H14N2O3S. The predicted molar refractivity (Wildman–Crippen MR) is 72.4 cm³/mol. The largest absolute Gasteiger partial charge is 0.463 e. The van der Waals surface area contributed by atoms with Crippen molar-refractivity contribution in [2.24, 2.45) is 5.10 Å². The topological polar surface area (TPSA) is 62.9 Å². The Hall–Kier alpha value is -2.08. The number of sulfonamides is 1. The van der Waals surface area contributed by atoms with E-state index in [1.54, 1.807) is 36.4 Å². The van der Waals surface area contributed by atoms with Crippen LogP contribution in [0.3, 0.4) is 0 Å². The maximum atomic E-state index is 12.2. The molecule has 100 valence electrons. The van der Waals surface area contributed by atoms with E-state index in [2.05, 4.69) is 5.10 Å². The van der Waals surface area contributed by atoms with Crippen LogP contribution in [0.5, 0.6) is 0 Å². The second kappa shape index (κ2) is 5.27. The molecule has 0 N–H and O–H groups in total. The lowest BCUT2D eigenvalue weighted by Crippen LogP contribution is -2.21. The zero-order chi connectivity index (χ0) is 13.9. The smallest absolute Gasteiger partial charge is 0.278 e. The van der Waals surface area contributed by atoms with E-state index in [-0.39, 0.29) is 4.90 Å². The van der Waals surface area contributed by atoms with E-state index in [1.807, 2.05) is 6.92 Å². The molecule has 0 bridgehead atoms. The fraction of sp³-hybridized carbons (Fsp3) is 0.154. The first-order valence-corrected chi connectivity index (χ1v) is 7.07. The lowest BCUT2D eigenvalue weighted by molar-refractivity contribution is 0.488. The van der Waals surface area contributed by atoms with Crippen molar-refractivity contribution in [2.75, 3.05) is 7.05 Å². The SMILES string of the molecule is Cc1ccc(S(=O)(=O)N(C)/N=C\c2ccco2)cc1. The standard InChI is InChI=1S/C13H14N2O3S/c1-11-5-7-13(8-6-11)19(16,17)15(2)14-10-12-4-3-9-18-12/h3-10H,1-2H3/b14-10-. The molecule has 1 aromatic carbocycles. The minimum absolute atomic E-state index is 0.206.